The van der Waals surface area contributed by atoms with Gasteiger partial charge in [-0.1, -0.05) is 68.4 Å². The van der Waals surface area contributed by atoms with Crippen molar-refractivity contribution in [2.75, 3.05) is 7.11 Å². The van der Waals surface area contributed by atoms with Crippen LogP contribution in [-0.4, -0.2) is 25.3 Å². The van der Waals surface area contributed by atoms with Gasteiger partial charge in [-0.25, -0.2) is 4.79 Å². The molecule has 0 radical (unpaired) electrons. The van der Waals surface area contributed by atoms with Crippen molar-refractivity contribution >= 4 is 12.2 Å². The molecule has 0 saturated carbocycles. The van der Waals surface area contributed by atoms with Gasteiger partial charge in [0.15, 0.2) is 0 Å². The molecule has 0 aromatic heterocycles. The quantitative estimate of drug-likeness (QED) is 0.587. The van der Waals surface area contributed by atoms with E-state index in [-0.39, 0.29) is 5.97 Å². The Morgan fingerprint density at radius 3 is 2.22 bits per heavy atom. The molecule has 0 saturated heterocycles. The lowest BCUT2D eigenvalue weighted by Crippen LogP contribution is -2.22. The third kappa shape index (κ3) is 5.06. The largest absolute Gasteiger partial charge is 0.467 e. The maximum atomic E-state index is 11.8. The highest BCUT2D eigenvalue weighted by Gasteiger charge is 2.18. The van der Waals surface area contributed by atoms with E-state index in [2.05, 4.69) is 43.1 Å². The Morgan fingerprint density at radius 2 is 1.65 bits per heavy atom. The van der Waals surface area contributed by atoms with Crippen molar-refractivity contribution in [3.05, 3.63) is 60.2 Å². The number of nitrogens with zero attached hydrogens (tertiary/aromatic N) is 1. The van der Waals surface area contributed by atoms with Gasteiger partial charge >= 0.3 is 5.97 Å². The monoisotopic (exact) mass is 309 g/mol. The molecular formula is C20H23NO2. The smallest absolute Gasteiger partial charge is 0.330 e. The third-order valence-corrected chi connectivity index (χ3v) is 3.59. The lowest BCUT2D eigenvalue weighted by molar-refractivity contribution is -0.142. The number of ether oxygens (including phenoxy) is 1. The number of esters is 1. The number of carbonyl (C=O) groups is 1. The second-order valence-electron chi connectivity index (χ2n) is 5.93. The number of rotatable bonds is 6. The molecule has 0 aliphatic rings. The second kappa shape index (κ2) is 8.28. The molecule has 0 bridgehead atoms. The van der Waals surface area contributed by atoms with Crippen LogP contribution in [0.25, 0.3) is 11.1 Å². The number of hydrogen-bond acceptors (Lipinski definition) is 3. The predicted molar refractivity (Wildman–Crippen MR) is 94.7 cm³/mol. The van der Waals surface area contributed by atoms with Crippen LogP contribution in [0.4, 0.5) is 0 Å². The van der Waals surface area contributed by atoms with Gasteiger partial charge in [-0.2, -0.15) is 0 Å². The van der Waals surface area contributed by atoms with Crippen LogP contribution in [0, 0.1) is 5.92 Å². The Hall–Kier alpha value is -2.42. The molecule has 0 unspecified atom stereocenters. The first-order chi connectivity index (χ1) is 11.1. The lowest BCUT2D eigenvalue weighted by Gasteiger charge is -2.12. The minimum atomic E-state index is -0.436. The third-order valence-electron chi connectivity index (χ3n) is 3.59. The molecule has 1 atom stereocenters. The summed E-state index contributed by atoms with van der Waals surface area (Å²) in [7, 11) is 1.40. The molecule has 0 spiro atoms. The van der Waals surface area contributed by atoms with Crippen LogP contribution in [0.2, 0.25) is 0 Å². The average molecular weight is 309 g/mol. The Labute approximate surface area is 138 Å². The number of benzene rings is 2. The van der Waals surface area contributed by atoms with Gasteiger partial charge in [0.05, 0.1) is 7.11 Å². The molecule has 2 rings (SSSR count). The molecule has 0 N–H and O–H groups in total. The van der Waals surface area contributed by atoms with E-state index in [1.54, 1.807) is 6.21 Å². The summed E-state index contributed by atoms with van der Waals surface area (Å²) in [6, 6.07) is 17.9. The van der Waals surface area contributed by atoms with Crippen molar-refractivity contribution in [2.24, 2.45) is 10.9 Å². The minimum Gasteiger partial charge on any atom is -0.467 e. The Kier molecular flexibility index (Phi) is 6.10. The SMILES string of the molecule is COC(=O)[C@H](CC(C)C)N=Cc1ccc(-c2ccccc2)cc1. The van der Waals surface area contributed by atoms with Crippen molar-refractivity contribution in [1.29, 1.82) is 0 Å². The molecule has 23 heavy (non-hydrogen) atoms. The van der Waals surface area contributed by atoms with Crippen molar-refractivity contribution in [1.82, 2.24) is 0 Å². The zero-order valence-electron chi connectivity index (χ0n) is 13.9. The molecule has 3 heteroatoms. The van der Waals surface area contributed by atoms with Crippen LogP contribution >= 0.6 is 0 Å². The summed E-state index contributed by atoms with van der Waals surface area (Å²) in [6.07, 6.45) is 2.43. The van der Waals surface area contributed by atoms with Crippen LogP contribution in [0.3, 0.4) is 0 Å². The van der Waals surface area contributed by atoms with Gasteiger partial charge in [0.2, 0.25) is 0 Å². The van der Waals surface area contributed by atoms with Crippen LogP contribution < -0.4 is 0 Å². The highest BCUT2D eigenvalue weighted by Crippen LogP contribution is 2.19. The van der Waals surface area contributed by atoms with Gasteiger partial charge in [0.1, 0.15) is 6.04 Å². The number of methoxy groups -OCH3 is 1. The summed E-state index contributed by atoms with van der Waals surface area (Å²) in [5, 5.41) is 0. The summed E-state index contributed by atoms with van der Waals surface area (Å²) in [5.74, 6) is 0.104. The Bertz CT molecular complexity index is 645. The standard InChI is InChI=1S/C20H23NO2/c1-15(2)13-19(20(22)23-3)21-14-16-9-11-18(12-10-16)17-7-5-4-6-8-17/h4-12,14-15,19H,13H2,1-3H3/t19-/m0/s1. The molecule has 0 heterocycles. The van der Waals surface area contributed by atoms with Crippen LogP contribution in [0.5, 0.6) is 0 Å². The number of carbonyl (C=O) groups excluding carboxylic acids is 1. The van der Waals surface area contributed by atoms with Crippen molar-refractivity contribution in [3.63, 3.8) is 0 Å². The van der Waals surface area contributed by atoms with Gasteiger partial charge < -0.3 is 4.74 Å². The summed E-state index contributed by atoms with van der Waals surface area (Å²) < 4.78 is 4.83. The molecule has 0 amide bonds. The first-order valence-electron chi connectivity index (χ1n) is 7.86. The van der Waals surface area contributed by atoms with Gasteiger partial charge in [-0.15, -0.1) is 0 Å². The molecule has 2 aromatic carbocycles. The highest BCUT2D eigenvalue weighted by atomic mass is 16.5. The van der Waals surface area contributed by atoms with Gasteiger partial charge in [-0.3, -0.25) is 4.99 Å². The van der Waals surface area contributed by atoms with Crippen molar-refractivity contribution in [3.8, 4) is 11.1 Å². The number of aliphatic imine (C=N–C) groups is 1. The molecule has 0 fully saturated rings. The fourth-order valence-corrected chi connectivity index (χ4v) is 2.37. The van der Waals surface area contributed by atoms with E-state index in [4.69, 9.17) is 4.74 Å². The average Bonchev–Trinajstić information content (AvgIpc) is 2.59. The van der Waals surface area contributed by atoms with E-state index >= 15 is 0 Å². The zero-order chi connectivity index (χ0) is 16.7. The summed E-state index contributed by atoms with van der Waals surface area (Å²) >= 11 is 0. The normalized spacial score (nSPS) is 12.5. The van der Waals surface area contributed by atoms with Crippen molar-refractivity contribution < 1.29 is 9.53 Å². The maximum absolute atomic E-state index is 11.8. The highest BCUT2D eigenvalue weighted by molar-refractivity contribution is 5.84. The van der Waals surface area contributed by atoms with Gasteiger partial charge in [0, 0.05) is 6.21 Å². The number of hydrogen-bond donors (Lipinski definition) is 0. The Morgan fingerprint density at radius 1 is 1.04 bits per heavy atom. The zero-order valence-corrected chi connectivity index (χ0v) is 13.9. The molecule has 0 aliphatic carbocycles. The van der Waals surface area contributed by atoms with E-state index in [0.717, 1.165) is 11.1 Å². The fourth-order valence-electron chi connectivity index (χ4n) is 2.37. The van der Waals surface area contributed by atoms with Gasteiger partial charge in [0.25, 0.3) is 0 Å². The van der Waals surface area contributed by atoms with Crippen LogP contribution in [0.1, 0.15) is 25.8 Å². The molecule has 120 valence electrons. The van der Waals surface area contributed by atoms with E-state index in [1.165, 1.54) is 12.7 Å². The maximum Gasteiger partial charge on any atom is 0.330 e. The minimum absolute atomic E-state index is 0.282. The van der Waals surface area contributed by atoms with Crippen molar-refractivity contribution in [2.45, 2.75) is 26.3 Å². The second-order valence-corrected chi connectivity index (χ2v) is 5.93. The molecule has 0 aliphatic heterocycles. The molecule has 2 aromatic rings. The van der Waals surface area contributed by atoms with E-state index in [9.17, 15) is 4.79 Å². The fraction of sp³-hybridized carbons (Fsp3) is 0.300. The molecule has 3 nitrogen and oxygen atoms in total. The predicted octanol–water partition coefficient (Wildman–Crippen LogP) is 4.36. The summed E-state index contributed by atoms with van der Waals surface area (Å²) in [6.45, 7) is 4.14. The topological polar surface area (TPSA) is 38.7 Å². The van der Waals surface area contributed by atoms with E-state index in [1.807, 2.05) is 30.3 Å². The lowest BCUT2D eigenvalue weighted by atomic mass is 10.0. The van der Waals surface area contributed by atoms with E-state index in [0.29, 0.717) is 12.3 Å². The summed E-state index contributed by atoms with van der Waals surface area (Å²) in [5.41, 5.74) is 3.32. The summed E-state index contributed by atoms with van der Waals surface area (Å²) in [4.78, 5) is 16.2. The van der Waals surface area contributed by atoms with Crippen LogP contribution in [-0.2, 0) is 9.53 Å². The van der Waals surface area contributed by atoms with Gasteiger partial charge in [-0.05, 0) is 29.0 Å². The van der Waals surface area contributed by atoms with E-state index < -0.39 is 6.04 Å². The van der Waals surface area contributed by atoms with Crippen LogP contribution in [0.15, 0.2) is 59.6 Å². The first kappa shape index (κ1) is 16.9. The Balaban J connectivity index is 2.11. The molecular weight excluding hydrogens is 286 g/mol. The first-order valence-corrected chi connectivity index (χ1v) is 7.86.